The molecule has 0 fully saturated rings. The van der Waals surface area contributed by atoms with Gasteiger partial charge in [-0.05, 0) is 18.1 Å². The molecule has 1 heterocycles. The highest BCUT2D eigenvalue weighted by Crippen LogP contribution is 2.26. The first-order valence-corrected chi connectivity index (χ1v) is 4.64. The molecule has 0 saturated heterocycles. The van der Waals surface area contributed by atoms with E-state index in [-0.39, 0.29) is 17.7 Å². The minimum absolute atomic E-state index is 0.0992. The molecule has 0 aromatic carbocycles. The van der Waals surface area contributed by atoms with Crippen LogP contribution in [-0.2, 0) is 17.8 Å². The predicted molar refractivity (Wildman–Crippen MR) is 53.2 cm³/mol. The van der Waals surface area contributed by atoms with Gasteiger partial charge in [-0.2, -0.15) is 0 Å². The van der Waals surface area contributed by atoms with Crippen molar-refractivity contribution in [3.8, 4) is 0 Å². The summed E-state index contributed by atoms with van der Waals surface area (Å²) in [5, 5.41) is 8.66. The lowest BCUT2D eigenvalue weighted by Crippen LogP contribution is -2.11. The molecule has 3 N–H and O–H groups in total. The van der Waals surface area contributed by atoms with Crippen molar-refractivity contribution in [2.24, 2.45) is 5.73 Å². The van der Waals surface area contributed by atoms with Crippen molar-refractivity contribution in [3.05, 3.63) is 28.6 Å². The molecule has 0 radical (unpaired) electrons. The van der Waals surface area contributed by atoms with Gasteiger partial charge in [0.25, 0.3) is 6.43 Å². The summed E-state index contributed by atoms with van der Waals surface area (Å²) in [7, 11) is 0. The second kappa shape index (κ2) is 4.98. The van der Waals surface area contributed by atoms with Gasteiger partial charge in [-0.15, -0.1) is 0 Å². The molecule has 1 rings (SSSR count). The van der Waals surface area contributed by atoms with Crippen molar-refractivity contribution < 1.29 is 18.7 Å². The van der Waals surface area contributed by atoms with Crippen molar-refractivity contribution in [1.29, 1.82) is 0 Å². The van der Waals surface area contributed by atoms with Crippen molar-refractivity contribution >= 4 is 5.97 Å². The molecule has 0 atom stereocenters. The number of aliphatic carboxylic acids is 1. The first-order valence-electron chi connectivity index (χ1n) is 4.64. The van der Waals surface area contributed by atoms with Gasteiger partial charge in [-0.1, -0.05) is 0 Å². The summed E-state index contributed by atoms with van der Waals surface area (Å²) >= 11 is 0. The molecule has 0 saturated carbocycles. The van der Waals surface area contributed by atoms with Gasteiger partial charge in [0, 0.05) is 18.3 Å². The van der Waals surface area contributed by atoms with Crippen LogP contribution < -0.4 is 5.73 Å². The summed E-state index contributed by atoms with van der Waals surface area (Å²) in [6.07, 6.45) is -2.17. The number of rotatable bonds is 4. The molecule has 0 unspecified atom stereocenters. The van der Waals surface area contributed by atoms with Crippen LogP contribution in [0.25, 0.3) is 0 Å². The molecule has 16 heavy (non-hydrogen) atoms. The van der Waals surface area contributed by atoms with Gasteiger partial charge in [-0.25, -0.2) is 8.78 Å². The lowest BCUT2D eigenvalue weighted by Gasteiger charge is -2.12. The average Bonchev–Trinajstić information content (AvgIpc) is 2.19. The zero-order valence-corrected chi connectivity index (χ0v) is 8.70. The Balaban J connectivity index is 3.30. The van der Waals surface area contributed by atoms with Gasteiger partial charge >= 0.3 is 5.97 Å². The maximum Gasteiger partial charge on any atom is 0.307 e. The van der Waals surface area contributed by atoms with Gasteiger partial charge in [0.1, 0.15) is 0 Å². The predicted octanol–water partition coefficient (Wildman–Crippen LogP) is 1.41. The maximum absolute atomic E-state index is 12.6. The number of carboxylic acids is 1. The SMILES string of the molecule is Cc1c(CN)ncc(C(F)F)c1CC(=O)O. The van der Waals surface area contributed by atoms with Gasteiger partial charge < -0.3 is 10.8 Å². The summed E-state index contributed by atoms with van der Waals surface area (Å²) in [4.78, 5) is 14.4. The van der Waals surface area contributed by atoms with Crippen LogP contribution in [0.15, 0.2) is 6.20 Å². The summed E-state index contributed by atoms with van der Waals surface area (Å²) in [6, 6.07) is 0. The standard InChI is InChI=1S/C10H12F2N2O2/c1-5-6(2-9(15)16)7(10(11)12)4-14-8(5)3-13/h4,10H,2-3,13H2,1H3,(H,15,16). The van der Waals surface area contributed by atoms with E-state index in [4.69, 9.17) is 10.8 Å². The normalized spacial score (nSPS) is 10.8. The van der Waals surface area contributed by atoms with Gasteiger partial charge in [0.05, 0.1) is 12.1 Å². The fourth-order valence-corrected chi connectivity index (χ4v) is 1.49. The second-order valence-electron chi connectivity index (χ2n) is 3.34. The molecule has 0 amide bonds. The van der Waals surface area contributed by atoms with Crippen LogP contribution in [-0.4, -0.2) is 16.1 Å². The van der Waals surface area contributed by atoms with Crippen molar-refractivity contribution in [2.75, 3.05) is 0 Å². The van der Waals surface area contributed by atoms with E-state index in [0.717, 1.165) is 6.20 Å². The van der Waals surface area contributed by atoms with E-state index < -0.39 is 18.8 Å². The first-order chi connectivity index (χ1) is 7.47. The molecule has 1 aromatic heterocycles. The van der Waals surface area contributed by atoms with E-state index in [0.29, 0.717) is 11.3 Å². The number of hydrogen-bond acceptors (Lipinski definition) is 3. The van der Waals surface area contributed by atoms with E-state index in [2.05, 4.69) is 4.98 Å². The number of alkyl halides is 2. The van der Waals surface area contributed by atoms with Crippen molar-refractivity contribution in [1.82, 2.24) is 4.98 Å². The highest BCUT2D eigenvalue weighted by atomic mass is 19.3. The van der Waals surface area contributed by atoms with Gasteiger partial charge in [-0.3, -0.25) is 9.78 Å². The van der Waals surface area contributed by atoms with Crippen molar-refractivity contribution in [3.63, 3.8) is 0 Å². The zero-order valence-electron chi connectivity index (χ0n) is 8.70. The van der Waals surface area contributed by atoms with E-state index in [9.17, 15) is 13.6 Å². The number of carboxylic acid groups (broad SMARTS) is 1. The minimum atomic E-state index is -2.73. The lowest BCUT2D eigenvalue weighted by molar-refractivity contribution is -0.136. The Morgan fingerprint density at radius 3 is 2.69 bits per heavy atom. The average molecular weight is 230 g/mol. The highest BCUT2D eigenvalue weighted by molar-refractivity contribution is 5.71. The molecule has 0 aliphatic rings. The Kier molecular flexibility index (Phi) is 3.89. The number of nitrogens with zero attached hydrogens (tertiary/aromatic N) is 1. The Bertz CT molecular complexity index is 408. The number of pyridine rings is 1. The van der Waals surface area contributed by atoms with E-state index in [1.54, 1.807) is 6.92 Å². The third-order valence-electron chi connectivity index (χ3n) is 2.35. The molecular formula is C10H12F2N2O2. The van der Waals surface area contributed by atoms with E-state index in [1.807, 2.05) is 0 Å². The lowest BCUT2D eigenvalue weighted by atomic mass is 9.99. The Labute approximate surface area is 91.1 Å². The molecule has 0 aliphatic carbocycles. The number of halogens is 2. The molecule has 6 heteroatoms. The Morgan fingerprint density at radius 1 is 1.62 bits per heavy atom. The van der Waals surface area contributed by atoms with Crippen LogP contribution in [0.3, 0.4) is 0 Å². The Morgan fingerprint density at radius 2 is 2.25 bits per heavy atom. The monoisotopic (exact) mass is 230 g/mol. The van der Waals surface area contributed by atoms with Crippen LogP contribution in [0.2, 0.25) is 0 Å². The van der Waals surface area contributed by atoms with Crippen molar-refractivity contribution in [2.45, 2.75) is 26.3 Å². The maximum atomic E-state index is 12.6. The number of carbonyl (C=O) groups is 1. The third-order valence-corrected chi connectivity index (χ3v) is 2.35. The van der Waals surface area contributed by atoms with E-state index >= 15 is 0 Å². The summed E-state index contributed by atoms with van der Waals surface area (Å²) in [5.74, 6) is -1.15. The van der Waals surface area contributed by atoms with Crippen LogP contribution in [0.1, 0.15) is 28.8 Å². The highest BCUT2D eigenvalue weighted by Gasteiger charge is 2.19. The smallest absolute Gasteiger partial charge is 0.307 e. The fourth-order valence-electron chi connectivity index (χ4n) is 1.49. The van der Waals surface area contributed by atoms with Crippen LogP contribution in [0.4, 0.5) is 8.78 Å². The molecule has 4 nitrogen and oxygen atoms in total. The summed E-state index contributed by atoms with van der Waals surface area (Å²) in [5.41, 5.74) is 6.03. The second-order valence-corrected chi connectivity index (χ2v) is 3.34. The van der Waals surface area contributed by atoms with E-state index in [1.165, 1.54) is 0 Å². The van der Waals surface area contributed by atoms with Crippen LogP contribution >= 0.6 is 0 Å². The van der Waals surface area contributed by atoms with Gasteiger partial charge in [0.2, 0.25) is 0 Å². The van der Waals surface area contributed by atoms with Crippen LogP contribution in [0.5, 0.6) is 0 Å². The Hall–Kier alpha value is -1.56. The molecule has 88 valence electrons. The molecule has 0 aliphatic heterocycles. The minimum Gasteiger partial charge on any atom is -0.481 e. The molecule has 1 aromatic rings. The molecular weight excluding hydrogens is 218 g/mol. The topological polar surface area (TPSA) is 76.2 Å². The fraction of sp³-hybridized carbons (Fsp3) is 0.400. The zero-order chi connectivity index (χ0) is 12.3. The largest absolute Gasteiger partial charge is 0.481 e. The molecule has 0 bridgehead atoms. The summed E-state index contributed by atoms with van der Waals surface area (Å²) < 4.78 is 25.3. The number of nitrogens with two attached hydrogens (primary N) is 1. The summed E-state index contributed by atoms with van der Waals surface area (Å²) in [6.45, 7) is 1.65. The number of hydrogen-bond donors (Lipinski definition) is 2. The quantitative estimate of drug-likeness (QED) is 0.820. The molecule has 0 spiro atoms. The number of aromatic nitrogens is 1. The van der Waals surface area contributed by atoms with Gasteiger partial charge in [0.15, 0.2) is 0 Å². The third kappa shape index (κ3) is 2.52. The van der Waals surface area contributed by atoms with Crippen LogP contribution in [0, 0.1) is 6.92 Å². The first kappa shape index (κ1) is 12.5.